The van der Waals surface area contributed by atoms with Gasteiger partial charge in [0.15, 0.2) is 5.43 Å². The highest BCUT2D eigenvalue weighted by molar-refractivity contribution is 4.93. The molecule has 0 aliphatic heterocycles. The Balaban J connectivity index is 1.62. The van der Waals surface area contributed by atoms with E-state index in [2.05, 4.69) is 9.88 Å². The predicted molar refractivity (Wildman–Crippen MR) is 70.2 cm³/mol. The van der Waals surface area contributed by atoms with E-state index in [1.54, 1.807) is 12.1 Å². The Hall–Kier alpha value is -1.09. The van der Waals surface area contributed by atoms with Crippen LogP contribution in [0.2, 0.25) is 0 Å². The van der Waals surface area contributed by atoms with Crippen LogP contribution in [0.25, 0.3) is 0 Å². The molecule has 94 valence electrons. The summed E-state index contributed by atoms with van der Waals surface area (Å²) >= 11 is 0. The van der Waals surface area contributed by atoms with Crippen molar-refractivity contribution in [2.75, 3.05) is 6.54 Å². The summed E-state index contributed by atoms with van der Waals surface area (Å²) in [6.45, 7) is 2.07. The lowest BCUT2D eigenvalue weighted by molar-refractivity contribution is 0.369. The van der Waals surface area contributed by atoms with Crippen LogP contribution >= 0.6 is 0 Å². The first kappa shape index (κ1) is 12.4. The maximum atomic E-state index is 10.9. The molecule has 0 unspecified atom stereocenters. The van der Waals surface area contributed by atoms with Gasteiger partial charge >= 0.3 is 0 Å². The molecule has 2 rings (SSSR count). The average molecular weight is 234 g/mol. The SMILES string of the molecule is O=c1ccn(CCCNC2CCCCC2)cc1. The second-order valence-corrected chi connectivity index (χ2v) is 4.91. The van der Waals surface area contributed by atoms with Crippen LogP contribution in [0.3, 0.4) is 0 Å². The van der Waals surface area contributed by atoms with Crippen LogP contribution in [-0.4, -0.2) is 17.2 Å². The predicted octanol–water partition coefficient (Wildman–Crippen LogP) is 2.16. The Morgan fingerprint density at radius 1 is 1.18 bits per heavy atom. The molecule has 1 aromatic heterocycles. The van der Waals surface area contributed by atoms with Crippen molar-refractivity contribution in [2.24, 2.45) is 0 Å². The number of pyridine rings is 1. The minimum atomic E-state index is 0.0848. The molecular formula is C14H22N2O. The van der Waals surface area contributed by atoms with Gasteiger partial charge in [0.1, 0.15) is 0 Å². The summed E-state index contributed by atoms with van der Waals surface area (Å²) in [5.41, 5.74) is 0.0848. The van der Waals surface area contributed by atoms with Crippen LogP contribution in [0.5, 0.6) is 0 Å². The van der Waals surface area contributed by atoms with Gasteiger partial charge in [0, 0.05) is 37.1 Å². The number of nitrogens with one attached hydrogen (secondary N) is 1. The molecule has 3 nitrogen and oxygen atoms in total. The largest absolute Gasteiger partial charge is 0.354 e. The number of nitrogens with zero attached hydrogens (tertiary/aromatic N) is 1. The van der Waals surface area contributed by atoms with Crippen molar-refractivity contribution in [3.8, 4) is 0 Å². The lowest BCUT2D eigenvalue weighted by Gasteiger charge is -2.22. The molecule has 0 bridgehead atoms. The lowest BCUT2D eigenvalue weighted by Crippen LogP contribution is -2.32. The van der Waals surface area contributed by atoms with E-state index >= 15 is 0 Å². The molecule has 3 heteroatoms. The zero-order valence-electron chi connectivity index (χ0n) is 10.4. The molecule has 1 aliphatic rings. The van der Waals surface area contributed by atoms with Crippen LogP contribution in [0.15, 0.2) is 29.3 Å². The van der Waals surface area contributed by atoms with Crippen molar-refractivity contribution >= 4 is 0 Å². The van der Waals surface area contributed by atoms with E-state index in [-0.39, 0.29) is 5.43 Å². The van der Waals surface area contributed by atoms with Crippen molar-refractivity contribution < 1.29 is 0 Å². The molecule has 1 aliphatic carbocycles. The molecule has 0 amide bonds. The van der Waals surface area contributed by atoms with Gasteiger partial charge in [-0.1, -0.05) is 19.3 Å². The number of aryl methyl sites for hydroxylation is 1. The maximum absolute atomic E-state index is 10.9. The topological polar surface area (TPSA) is 34.0 Å². The maximum Gasteiger partial charge on any atom is 0.181 e. The van der Waals surface area contributed by atoms with Crippen molar-refractivity contribution in [2.45, 2.75) is 51.1 Å². The minimum Gasteiger partial charge on any atom is -0.354 e. The fourth-order valence-corrected chi connectivity index (χ4v) is 2.47. The molecule has 1 saturated carbocycles. The Morgan fingerprint density at radius 2 is 1.88 bits per heavy atom. The van der Waals surface area contributed by atoms with Crippen molar-refractivity contribution in [1.82, 2.24) is 9.88 Å². The highest BCUT2D eigenvalue weighted by atomic mass is 16.1. The van der Waals surface area contributed by atoms with Gasteiger partial charge in [0.25, 0.3) is 0 Å². The van der Waals surface area contributed by atoms with Gasteiger partial charge in [-0.15, -0.1) is 0 Å². The summed E-state index contributed by atoms with van der Waals surface area (Å²) in [5.74, 6) is 0. The third-order valence-electron chi connectivity index (χ3n) is 3.49. The molecule has 0 saturated heterocycles. The van der Waals surface area contributed by atoms with Crippen LogP contribution in [-0.2, 0) is 6.54 Å². The molecule has 0 atom stereocenters. The van der Waals surface area contributed by atoms with Gasteiger partial charge in [-0.25, -0.2) is 0 Å². The van der Waals surface area contributed by atoms with E-state index in [0.29, 0.717) is 0 Å². The lowest BCUT2D eigenvalue weighted by atomic mass is 9.95. The first-order valence-electron chi connectivity index (χ1n) is 6.74. The van der Waals surface area contributed by atoms with E-state index in [9.17, 15) is 4.79 Å². The van der Waals surface area contributed by atoms with E-state index in [1.807, 2.05) is 12.4 Å². The fourth-order valence-electron chi connectivity index (χ4n) is 2.47. The highest BCUT2D eigenvalue weighted by Crippen LogP contribution is 2.17. The van der Waals surface area contributed by atoms with Crippen molar-refractivity contribution in [3.63, 3.8) is 0 Å². The van der Waals surface area contributed by atoms with Crippen LogP contribution in [0.4, 0.5) is 0 Å². The molecule has 0 spiro atoms. The molecule has 17 heavy (non-hydrogen) atoms. The molecule has 1 heterocycles. The Morgan fingerprint density at radius 3 is 2.59 bits per heavy atom. The van der Waals surface area contributed by atoms with Gasteiger partial charge < -0.3 is 9.88 Å². The zero-order chi connectivity index (χ0) is 11.9. The second kappa shape index (κ2) is 6.60. The molecule has 1 aromatic rings. The monoisotopic (exact) mass is 234 g/mol. The fraction of sp³-hybridized carbons (Fsp3) is 0.643. The number of aromatic nitrogens is 1. The summed E-state index contributed by atoms with van der Waals surface area (Å²) in [4.78, 5) is 10.9. The third-order valence-corrected chi connectivity index (χ3v) is 3.49. The molecule has 0 radical (unpaired) electrons. The average Bonchev–Trinajstić information content (AvgIpc) is 2.38. The first-order valence-corrected chi connectivity index (χ1v) is 6.74. The Labute approximate surface area is 103 Å². The molecule has 0 aromatic carbocycles. The van der Waals surface area contributed by atoms with E-state index in [0.717, 1.165) is 25.6 Å². The van der Waals surface area contributed by atoms with Gasteiger partial charge in [-0.2, -0.15) is 0 Å². The highest BCUT2D eigenvalue weighted by Gasteiger charge is 2.11. The summed E-state index contributed by atoms with van der Waals surface area (Å²) in [7, 11) is 0. The second-order valence-electron chi connectivity index (χ2n) is 4.91. The third kappa shape index (κ3) is 4.35. The van der Waals surface area contributed by atoms with Gasteiger partial charge in [-0.3, -0.25) is 4.79 Å². The number of hydrogen-bond acceptors (Lipinski definition) is 2. The molecular weight excluding hydrogens is 212 g/mol. The summed E-state index contributed by atoms with van der Waals surface area (Å²) < 4.78 is 2.07. The van der Waals surface area contributed by atoms with E-state index < -0.39 is 0 Å². The molecule has 1 fully saturated rings. The Bertz CT molecular complexity index is 360. The van der Waals surface area contributed by atoms with Gasteiger partial charge in [0.05, 0.1) is 0 Å². The normalized spacial score (nSPS) is 17.2. The van der Waals surface area contributed by atoms with E-state index in [1.165, 1.54) is 32.1 Å². The smallest absolute Gasteiger partial charge is 0.181 e. The quantitative estimate of drug-likeness (QED) is 0.792. The number of hydrogen-bond donors (Lipinski definition) is 1. The zero-order valence-corrected chi connectivity index (χ0v) is 10.4. The van der Waals surface area contributed by atoms with Crippen LogP contribution < -0.4 is 10.7 Å². The first-order chi connectivity index (χ1) is 8.34. The summed E-state index contributed by atoms with van der Waals surface area (Å²) in [6.07, 6.45) is 11.7. The Kier molecular flexibility index (Phi) is 4.80. The van der Waals surface area contributed by atoms with Gasteiger partial charge in [-0.05, 0) is 25.8 Å². The van der Waals surface area contributed by atoms with Gasteiger partial charge in [0.2, 0.25) is 0 Å². The van der Waals surface area contributed by atoms with Crippen molar-refractivity contribution in [1.29, 1.82) is 0 Å². The summed E-state index contributed by atoms with van der Waals surface area (Å²) in [6, 6.07) is 3.99. The van der Waals surface area contributed by atoms with Crippen molar-refractivity contribution in [3.05, 3.63) is 34.7 Å². The minimum absolute atomic E-state index is 0.0848. The standard InChI is InChI=1S/C14H22N2O/c17-14-7-11-16(12-8-14)10-4-9-15-13-5-2-1-3-6-13/h7-8,11-13,15H,1-6,9-10H2. The van der Waals surface area contributed by atoms with Crippen LogP contribution in [0, 0.1) is 0 Å². The van der Waals surface area contributed by atoms with Crippen LogP contribution in [0.1, 0.15) is 38.5 Å². The summed E-state index contributed by atoms with van der Waals surface area (Å²) in [5, 5.41) is 3.63. The molecule has 1 N–H and O–H groups in total. The number of rotatable bonds is 5. The van der Waals surface area contributed by atoms with E-state index in [4.69, 9.17) is 0 Å².